The van der Waals surface area contributed by atoms with E-state index < -0.39 is 0 Å². The molecular weight excluding hydrogens is 267 g/mol. The van der Waals surface area contributed by atoms with Gasteiger partial charge in [-0.25, -0.2) is 9.37 Å². The molecule has 0 bridgehead atoms. The highest BCUT2D eigenvalue weighted by molar-refractivity contribution is 5.25. The van der Waals surface area contributed by atoms with Crippen molar-refractivity contribution in [3.05, 3.63) is 59.5 Å². The maximum Gasteiger partial charge on any atom is 0.212 e. The van der Waals surface area contributed by atoms with Crippen molar-refractivity contribution < 1.29 is 9.13 Å². The third-order valence-electron chi connectivity index (χ3n) is 4.08. The Labute approximate surface area is 124 Å². The van der Waals surface area contributed by atoms with Gasteiger partial charge in [0.2, 0.25) is 5.88 Å². The standard InChI is InChI=1S/C17H19FN2O/c1-21-17-7-6-12(11-20-17)10-19-14-8-13(9-14)15-4-2-3-5-16(15)18/h2-7,11,13-14,19H,8-10H2,1H3. The fraction of sp³-hybridized carbons (Fsp3) is 0.353. The summed E-state index contributed by atoms with van der Waals surface area (Å²) in [7, 11) is 1.61. The highest BCUT2D eigenvalue weighted by atomic mass is 19.1. The summed E-state index contributed by atoms with van der Waals surface area (Å²) in [5.41, 5.74) is 1.98. The number of methoxy groups -OCH3 is 1. The average molecular weight is 286 g/mol. The molecule has 3 rings (SSSR count). The Morgan fingerprint density at radius 2 is 2.05 bits per heavy atom. The molecule has 1 heterocycles. The van der Waals surface area contributed by atoms with Crippen LogP contribution in [0.2, 0.25) is 0 Å². The Balaban J connectivity index is 1.48. The molecule has 0 atom stereocenters. The number of rotatable bonds is 5. The summed E-state index contributed by atoms with van der Waals surface area (Å²) < 4.78 is 18.7. The zero-order valence-corrected chi connectivity index (χ0v) is 12.1. The van der Waals surface area contributed by atoms with Crippen LogP contribution in [0.5, 0.6) is 5.88 Å². The molecular formula is C17H19FN2O. The maximum absolute atomic E-state index is 13.7. The lowest BCUT2D eigenvalue weighted by atomic mass is 9.75. The summed E-state index contributed by atoms with van der Waals surface area (Å²) in [6.45, 7) is 0.783. The first-order chi connectivity index (χ1) is 10.3. The third kappa shape index (κ3) is 3.22. The predicted octanol–water partition coefficient (Wildman–Crippen LogP) is 3.27. The van der Waals surface area contributed by atoms with Gasteiger partial charge < -0.3 is 10.1 Å². The number of ether oxygens (including phenoxy) is 1. The van der Waals surface area contributed by atoms with Crippen LogP contribution in [0.1, 0.15) is 29.9 Å². The largest absolute Gasteiger partial charge is 0.481 e. The highest BCUT2D eigenvalue weighted by Crippen LogP contribution is 2.38. The number of pyridine rings is 1. The summed E-state index contributed by atoms with van der Waals surface area (Å²) in [4.78, 5) is 4.18. The molecule has 1 N–H and O–H groups in total. The van der Waals surface area contributed by atoms with Crippen LogP contribution in [0, 0.1) is 5.82 Å². The second kappa shape index (κ2) is 6.22. The highest BCUT2D eigenvalue weighted by Gasteiger charge is 2.31. The number of hydrogen-bond acceptors (Lipinski definition) is 3. The van der Waals surface area contributed by atoms with Gasteiger partial charge in [0, 0.05) is 24.8 Å². The van der Waals surface area contributed by atoms with Crippen LogP contribution >= 0.6 is 0 Å². The van der Waals surface area contributed by atoms with Gasteiger partial charge in [-0.05, 0) is 36.0 Å². The van der Waals surface area contributed by atoms with Gasteiger partial charge in [0.25, 0.3) is 0 Å². The summed E-state index contributed by atoms with van der Waals surface area (Å²) in [5, 5.41) is 3.49. The normalized spacial score (nSPS) is 20.9. The van der Waals surface area contributed by atoms with E-state index in [0.717, 1.165) is 30.5 Å². The van der Waals surface area contributed by atoms with E-state index in [0.29, 0.717) is 17.8 Å². The van der Waals surface area contributed by atoms with Gasteiger partial charge in [-0.15, -0.1) is 0 Å². The monoisotopic (exact) mass is 286 g/mol. The molecule has 1 aromatic heterocycles. The van der Waals surface area contributed by atoms with E-state index in [1.54, 1.807) is 19.2 Å². The van der Waals surface area contributed by atoms with E-state index in [2.05, 4.69) is 10.3 Å². The quantitative estimate of drug-likeness (QED) is 0.916. The van der Waals surface area contributed by atoms with Crippen LogP contribution in [-0.4, -0.2) is 18.1 Å². The first kappa shape index (κ1) is 14.0. The lowest BCUT2D eigenvalue weighted by Crippen LogP contribution is -2.39. The Morgan fingerprint density at radius 1 is 1.24 bits per heavy atom. The lowest BCUT2D eigenvalue weighted by molar-refractivity contribution is 0.284. The fourth-order valence-electron chi connectivity index (χ4n) is 2.74. The molecule has 1 aliphatic rings. The van der Waals surface area contributed by atoms with E-state index >= 15 is 0 Å². The third-order valence-corrected chi connectivity index (χ3v) is 4.08. The van der Waals surface area contributed by atoms with Gasteiger partial charge >= 0.3 is 0 Å². The van der Waals surface area contributed by atoms with E-state index in [1.165, 1.54) is 0 Å². The van der Waals surface area contributed by atoms with Gasteiger partial charge in [0.15, 0.2) is 0 Å². The van der Waals surface area contributed by atoms with Crippen LogP contribution < -0.4 is 10.1 Å². The van der Waals surface area contributed by atoms with Crippen LogP contribution in [0.3, 0.4) is 0 Å². The Hall–Kier alpha value is -1.94. The minimum atomic E-state index is -0.0831. The maximum atomic E-state index is 13.7. The SMILES string of the molecule is COc1ccc(CNC2CC(c3ccccc3F)C2)cn1. The van der Waals surface area contributed by atoms with Crippen molar-refractivity contribution in [3.63, 3.8) is 0 Å². The zero-order chi connectivity index (χ0) is 14.7. The van der Waals surface area contributed by atoms with E-state index in [-0.39, 0.29) is 5.82 Å². The molecule has 0 unspecified atom stereocenters. The van der Waals surface area contributed by atoms with Gasteiger partial charge in [-0.1, -0.05) is 24.3 Å². The van der Waals surface area contributed by atoms with Crippen molar-refractivity contribution in [2.75, 3.05) is 7.11 Å². The summed E-state index contributed by atoms with van der Waals surface area (Å²) >= 11 is 0. The van der Waals surface area contributed by atoms with Crippen molar-refractivity contribution in [1.82, 2.24) is 10.3 Å². The van der Waals surface area contributed by atoms with E-state index in [4.69, 9.17) is 4.74 Å². The van der Waals surface area contributed by atoms with Crippen LogP contribution in [0.15, 0.2) is 42.6 Å². The van der Waals surface area contributed by atoms with Gasteiger partial charge in [0.05, 0.1) is 7.11 Å². The first-order valence-electron chi connectivity index (χ1n) is 7.23. The molecule has 0 radical (unpaired) electrons. The average Bonchev–Trinajstić information content (AvgIpc) is 2.48. The van der Waals surface area contributed by atoms with Crippen LogP contribution in [0.4, 0.5) is 4.39 Å². The molecule has 21 heavy (non-hydrogen) atoms. The number of aromatic nitrogens is 1. The smallest absolute Gasteiger partial charge is 0.212 e. The van der Waals surface area contributed by atoms with E-state index in [9.17, 15) is 4.39 Å². The number of benzene rings is 1. The molecule has 2 aromatic rings. The molecule has 1 fully saturated rings. The molecule has 0 spiro atoms. The number of nitrogens with zero attached hydrogens (tertiary/aromatic N) is 1. The van der Waals surface area contributed by atoms with Gasteiger partial charge in [-0.3, -0.25) is 0 Å². The number of hydrogen-bond donors (Lipinski definition) is 1. The predicted molar refractivity (Wildman–Crippen MR) is 79.8 cm³/mol. The summed E-state index contributed by atoms with van der Waals surface area (Å²) in [6.07, 6.45) is 3.80. The topological polar surface area (TPSA) is 34.1 Å². The van der Waals surface area contributed by atoms with Crippen LogP contribution in [0.25, 0.3) is 0 Å². The lowest BCUT2D eigenvalue weighted by Gasteiger charge is -2.36. The number of nitrogens with one attached hydrogen (secondary N) is 1. The molecule has 110 valence electrons. The Kier molecular flexibility index (Phi) is 4.15. The molecule has 0 aliphatic heterocycles. The van der Waals surface area contributed by atoms with Crippen LogP contribution in [-0.2, 0) is 6.54 Å². The molecule has 4 heteroatoms. The second-order valence-corrected chi connectivity index (χ2v) is 5.48. The molecule has 1 saturated carbocycles. The van der Waals surface area contributed by atoms with E-state index in [1.807, 2.05) is 30.5 Å². The molecule has 3 nitrogen and oxygen atoms in total. The van der Waals surface area contributed by atoms with Gasteiger partial charge in [0.1, 0.15) is 5.82 Å². The minimum Gasteiger partial charge on any atom is -0.481 e. The Bertz CT molecular complexity index is 594. The summed E-state index contributed by atoms with van der Waals surface area (Å²) in [5.74, 6) is 0.889. The first-order valence-corrected chi connectivity index (χ1v) is 7.23. The number of halogens is 1. The molecule has 1 aliphatic carbocycles. The summed E-state index contributed by atoms with van der Waals surface area (Å²) in [6, 6.07) is 11.4. The zero-order valence-electron chi connectivity index (χ0n) is 12.1. The fourth-order valence-corrected chi connectivity index (χ4v) is 2.74. The van der Waals surface area contributed by atoms with Crippen molar-refractivity contribution >= 4 is 0 Å². The Morgan fingerprint density at radius 3 is 2.71 bits per heavy atom. The van der Waals surface area contributed by atoms with Gasteiger partial charge in [-0.2, -0.15) is 0 Å². The van der Waals surface area contributed by atoms with Crippen molar-refractivity contribution in [2.24, 2.45) is 0 Å². The van der Waals surface area contributed by atoms with Crippen molar-refractivity contribution in [1.29, 1.82) is 0 Å². The van der Waals surface area contributed by atoms with Crippen molar-refractivity contribution in [2.45, 2.75) is 31.3 Å². The molecule has 0 amide bonds. The second-order valence-electron chi connectivity index (χ2n) is 5.48. The minimum absolute atomic E-state index is 0.0831. The molecule has 0 saturated heterocycles. The van der Waals surface area contributed by atoms with Crippen molar-refractivity contribution in [3.8, 4) is 5.88 Å². The molecule has 1 aromatic carbocycles.